The molecule has 4 heterocycles. The van der Waals surface area contributed by atoms with Crippen LogP contribution in [0.2, 0.25) is 0 Å². The SMILES string of the molecule is CC[C@H]1OC(=O)[C@H](C)[C@@H](O[C@H]2C[C@@](C)(OC)[C@@H](OC(=O)c3ccccc3)[C@H](C)O2)[C@H](C)[C@@H](O[C@@H]2O[C@H](C)C[C@H](N(C)C)[C@H]2O)[C@]2(C)C[C@@H](C)/C(=N\O)[C@H](C)[C@@H](OCC(C(=O)OC)=CCO2)[C@]1(C)O. The van der Waals surface area contributed by atoms with Gasteiger partial charge in [-0.3, -0.25) is 4.79 Å². The topological polar surface area (TPSA) is 220 Å². The number of carbonyl (C=O) groups is 3. The van der Waals surface area contributed by atoms with E-state index in [1.165, 1.54) is 21.1 Å². The molecule has 5 rings (SSSR count). The molecule has 4 aliphatic heterocycles. The Hall–Kier alpha value is -3.56. The first-order chi connectivity index (χ1) is 32.0. The van der Waals surface area contributed by atoms with Crippen LogP contribution in [0.1, 0.15) is 105 Å². The second kappa shape index (κ2) is 23.1. The van der Waals surface area contributed by atoms with Crippen LogP contribution in [0.5, 0.6) is 0 Å². The van der Waals surface area contributed by atoms with Crippen molar-refractivity contribution in [2.75, 3.05) is 41.5 Å². The molecule has 0 spiro atoms. The van der Waals surface area contributed by atoms with Crippen LogP contribution in [0.25, 0.3) is 0 Å². The summed E-state index contributed by atoms with van der Waals surface area (Å²) in [5.74, 6) is -5.31. The van der Waals surface area contributed by atoms with E-state index in [9.17, 15) is 29.8 Å². The lowest BCUT2D eigenvalue weighted by atomic mass is 9.73. The van der Waals surface area contributed by atoms with Crippen molar-refractivity contribution in [3.8, 4) is 0 Å². The molecule has 18 atom stereocenters. The largest absolute Gasteiger partial charge is 0.466 e. The molecule has 4 aliphatic rings. The molecule has 0 unspecified atom stereocenters. The van der Waals surface area contributed by atoms with E-state index in [0.29, 0.717) is 12.0 Å². The molecule has 0 amide bonds. The number of benzene rings is 1. The Bertz CT molecular complexity index is 1910. The number of hydrogen-bond acceptors (Lipinski definition) is 18. The van der Waals surface area contributed by atoms with E-state index in [-0.39, 0.29) is 55.9 Å². The van der Waals surface area contributed by atoms with Crippen molar-refractivity contribution >= 4 is 23.6 Å². The molecule has 3 fully saturated rings. The van der Waals surface area contributed by atoms with Gasteiger partial charge in [0.2, 0.25) is 0 Å². The third kappa shape index (κ3) is 12.1. The maximum absolute atomic E-state index is 14.8. The van der Waals surface area contributed by atoms with E-state index in [2.05, 4.69) is 5.16 Å². The van der Waals surface area contributed by atoms with Crippen molar-refractivity contribution in [2.45, 2.75) is 179 Å². The number of likely N-dealkylation sites (N-methyl/N-ethyl adjacent to an activating group) is 1. The third-order valence-electron chi connectivity index (χ3n) is 14.7. The highest BCUT2D eigenvalue weighted by atomic mass is 16.7. The van der Waals surface area contributed by atoms with Gasteiger partial charge in [-0.05, 0) is 93.1 Å². The first-order valence-electron chi connectivity index (χ1n) is 23.9. The van der Waals surface area contributed by atoms with E-state index in [1.54, 1.807) is 71.0 Å². The Morgan fingerprint density at radius 2 is 1.60 bits per heavy atom. The molecule has 384 valence electrons. The van der Waals surface area contributed by atoms with Crippen molar-refractivity contribution in [3.05, 3.63) is 47.5 Å². The fourth-order valence-corrected chi connectivity index (χ4v) is 10.8. The van der Waals surface area contributed by atoms with Gasteiger partial charge in [0.25, 0.3) is 0 Å². The highest BCUT2D eigenvalue weighted by molar-refractivity contribution is 5.90. The van der Waals surface area contributed by atoms with Gasteiger partial charge in [0.05, 0.1) is 79.2 Å². The Balaban J connectivity index is 1.70. The van der Waals surface area contributed by atoms with Gasteiger partial charge in [0.1, 0.15) is 23.4 Å². The summed E-state index contributed by atoms with van der Waals surface area (Å²) in [6.45, 7) is 17.1. The van der Waals surface area contributed by atoms with E-state index in [4.69, 9.17) is 47.4 Å². The van der Waals surface area contributed by atoms with Crippen LogP contribution in [0.4, 0.5) is 0 Å². The zero-order valence-electron chi connectivity index (χ0n) is 42.4. The highest BCUT2D eigenvalue weighted by Crippen LogP contribution is 2.43. The van der Waals surface area contributed by atoms with Gasteiger partial charge in [0, 0.05) is 37.3 Å². The standard InChI is InChI=1S/C50H78N2O16/c1-15-36-50(10,57)42-29(4)38(51-58)27(2)24-49(9,62-22-21-34(26-61-42)45(55)59-13)41(68-47-39(53)35(52(11)12)23-28(3)63-47)30(5)40(31(6)44(54)65-36)66-37-25-48(8,60-14)43(32(7)64-37)67-46(56)33-19-17-16-18-20-33/h16-21,27-32,35-37,39-43,47,53,57-58H,15,22-26H2,1-14H3/b34-21?,51-38+/t27-,28-,29+,30+,31-,32+,35+,36-,37+,39-,40+,41-,42-,43+,47+,48-,49+,50-/m1/s1. The number of cyclic esters (lactones) is 1. The lowest BCUT2D eigenvalue weighted by Gasteiger charge is -2.50. The first-order valence-corrected chi connectivity index (χ1v) is 23.9. The van der Waals surface area contributed by atoms with E-state index in [0.717, 1.165) is 0 Å². The Kier molecular flexibility index (Phi) is 18.8. The molecular weight excluding hydrogens is 885 g/mol. The molecule has 3 N–H and O–H groups in total. The molecule has 1 aromatic rings. The molecule has 0 saturated carbocycles. The maximum Gasteiger partial charge on any atom is 0.338 e. The van der Waals surface area contributed by atoms with Gasteiger partial charge >= 0.3 is 17.9 Å². The van der Waals surface area contributed by atoms with Gasteiger partial charge in [-0.25, -0.2) is 9.59 Å². The van der Waals surface area contributed by atoms with E-state index < -0.39 is 114 Å². The van der Waals surface area contributed by atoms with Gasteiger partial charge in [0.15, 0.2) is 18.7 Å². The van der Waals surface area contributed by atoms with Crippen LogP contribution in [0.3, 0.4) is 0 Å². The van der Waals surface area contributed by atoms with Crippen molar-refractivity contribution in [1.82, 2.24) is 4.90 Å². The van der Waals surface area contributed by atoms with Crippen LogP contribution in [-0.4, -0.2) is 170 Å². The van der Waals surface area contributed by atoms with E-state index >= 15 is 0 Å². The zero-order chi connectivity index (χ0) is 50.5. The smallest absolute Gasteiger partial charge is 0.338 e. The van der Waals surface area contributed by atoms with Crippen molar-refractivity contribution in [3.63, 3.8) is 0 Å². The van der Waals surface area contributed by atoms with Crippen LogP contribution >= 0.6 is 0 Å². The predicted molar refractivity (Wildman–Crippen MR) is 248 cm³/mol. The summed E-state index contributed by atoms with van der Waals surface area (Å²) in [6, 6.07) is 8.25. The number of nitrogens with zero attached hydrogens (tertiary/aromatic N) is 2. The lowest BCUT2D eigenvalue weighted by Crippen LogP contribution is -2.62. The minimum atomic E-state index is -1.93. The Morgan fingerprint density at radius 3 is 2.21 bits per heavy atom. The van der Waals surface area contributed by atoms with Gasteiger partial charge in [-0.2, -0.15) is 0 Å². The average Bonchev–Trinajstić information content (AvgIpc) is 3.29. The number of hydrogen-bond donors (Lipinski definition) is 3. The molecule has 18 nitrogen and oxygen atoms in total. The Morgan fingerprint density at radius 1 is 0.926 bits per heavy atom. The summed E-state index contributed by atoms with van der Waals surface area (Å²) < 4.78 is 64.0. The summed E-state index contributed by atoms with van der Waals surface area (Å²) >= 11 is 0. The summed E-state index contributed by atoms with van der Waals surface area (Å²) in [5, 5.41) is 39.2. The molecule has 0 aromatic heterocycles. The highest BCUT2D eigenvalue weighted by Gasteiger charge is 2.55. The predicted octanol–water partition coefficient (Wildman–Crippen LogP) is 5.07. The first kappa shape index (κ1) is 55.4. The summed E-state index contributed by atoms with van der Waals surface area (Å²) in [5.41, 5.74) is -3.80. The van der Waals surface area contributed by atoms with Crippen LogP contribution in [0, 0.1) is 23.7 Å². The van der Waals surface area contributed by atoms with Gasteiger partial charge < -0.3 is 67.7 Å². The molecule has 68 heavy (non-hydrogen) atoms. The van der Waals surface area contributed by atoms with Crippen molar-refractivity contribution in [2.24, 2.45) is 28.8 Å². The number of esters is 3. The van der Waals surface area contributed by atoms with Crippen LogP contribution in [-0.2, 0) is 57.0 Å². The number of carbonyl (C=O) groups excluding carboxylic acids is 3. The Labute approximate surface area is 401 Å². The lowest BCUT2D eigenvalue weighted by molar-refractivity contribution is -0.319. The minimum Gasteiger partial charge on any atom is -0.466 e. The normalized spacial score (nSPS) is 41.8. The van der Waals surface area contributed by atoms with Crippen molar-refractivity contribution < 1.29 is 77.2 Å². The molecule has 1 aromatic carbocycles. The van der Waals surface area contributed by atoms with Gasteiger partial charge in [-0.1, -0.05) is 51.0 Å². The molecular formula is C50H78N2O16. The quantitative estimate of drug-likeness (QED) is 0.121. The van der Waals surface area contributed by atoms with Crippen LogP contribution in [0.15, 0.2) is 47.1 Å². The molecule has 18 heteroatoms. The number of ether oxygens (including phenoxy) is 10. The van der Waals surface area contributed by atoms with Gasteiger partial charge in [-0.15, -0.1) is 0 Å². The second-order valence-electron chi connectivity index (χ2n) is 20.1. The average molecular weight is 963 g/mol. The maximum atomic E-state index is 14.8. The molecule has 2 bridgehead atoms. The van der Waals surface area contributed by atoms with Crippen molar-refractivity contribution in [1.29, 1.82) is 0 Å². The monoisotopic (exact) mass is 963 g/mol. The second-order valence-corrected chi connectivity index (χ2v) is 20.1. The number of oxime groups is 1. The molecule has 3 saturated heterocycles. The fourth-order valence-electron chi connectivity index (χ4n) is 10.8. The number of methoxy groups -OCH3 is 2. The minimum absolute atomic E-state index is 0.0506. The summed E-state index contributed by atoms with van der Waals surface area (Å²) in [4.78, 5) is 43.5. The number of aliphatic hydroxyl groups is 2. The third-order valence-corrected chi connectivity index (χ3v) is 14.7. The zero-order valence-corrected chi connectivity index (χ0v) is 42.4. The number of aliphatic hydroxyl groups excluding tert-OH is 1. The number of rotatable bonds is 10. The molecule has 0 aliphatic carbocycles. The summed E-state index contributed by atoms with van der Waals surface area (Å²) in [6.07, 6.45) is -7.61. The van der Waals surface area contributed by atoms with Crippen LogP contribution < -0.4 is 0 Å². The molecule has 0 radical (unpaired) electrons. The number of fused-ring (bicyclic) bond motifs is 5. The summed E-state index contributed by atoms with van der Waals surface area (Å²) in [7, 11) is 6.50. The fraction of sp³-hybridized carbons (Fsp3) is 0.760. The van der Waals surface area contributed by atoms with E-state index in [1.807, 2.05) is 46.7 Å².